The second-order valence-electron chi connectivity index (χ2n) is 4.61. The van der Waals surface area contributed by atoms with E-state index in [0.717, 1.165) is 17.9 Å². The predicted octanol–water partition coefficient (Wildman–Crippen LogP) is 2.44. The Balaban J connectivity index is 2.04. The molecule has 2 nitrogen and oxygen atoms in total. The minimum atomic E-state index is -1.12. The fraction of sp³-hybridized carbons (Fsp3) is 0.538. The van der Waals surface area contributed by atoms with Crippen LogP contribution >= 0.6 is 11.8 Å². The first-order valence-corrected chi connectivity index (χ1v) is 7.15. The summed E-state index contributed by atoms with van der Waals surface area (Å²) in [4.78, 5) is 1.98. The van der Waals surface area contributed by atoms with Crippen LogP contribution in [0.2, 0.25) is 0 Å². The summed E-state index contributed by atoms with van der Waals surface area (Å²) in [5.74, 6) is 0.760. The van der Waals surface area contributed by atoms with E-state index in [4.69, 9.17) is 0 Å². The van der Waals surface area contributed by atoms with Gasteiger partial charge in [-0.3, -0.25) is 4.90 Å². The minimum absolute atomic E-state index is 0.227. The highest BCUT2D eigenvalue weighted by Gasteiger charge is 2.24. The molecule has 2 unspecified atom stereocenters. The zero-order valence-electron chi connectivity index (χ0n) is 10.3. The first-order chi connectivity index (χ1) is 8.59. The van der Waals surface area contributed by atoms with Gasteiger partial charge in [-0.2, -0.15) is 11.8 Å². The Labute approximate surface area is 110 Å². The molecule has 1 aliphatic heterocycles. The van der Waals surface area contributed by atoms with Gasteiger partial charge in [-0.25, -0.2) is 8.78 Å². The highest BCUT2D eigenvalue weighted by Crippen LogP contribution is 2.25. The number of rotatable bonds is 4. The van der Waals surface area contributed by atoms with Gasteiger partial charge in [0.25, 0.3) is 0 Å². The lowest BCUT2D eigenvalue weighted by Gasteiger charge is -2.26. The number of likely N-dealkylation sites (N-methyl/N-ethyl adjacent to an activating group) is 1. The lowest BCUT2D eigenvalue weighted by molar-refractivity contribution is 0.104. The number of benzene rings is 1. The molecule has 2 atom stereocenters. The van der Waals surface area contributed by atoms with Gasteiger partial charge in [-0.05, 0) is 31.4 Å². The maximum atomic E-state index is 13.5. The minimum Gasteiger partial charge on any atom is -0.387 e. The molecule has 0 saturated carbocycles. The summed E-state index contributed by atoms with van der Waals surface area (Å²) in [6, 6.07) is 4.04. The van der Waals surface area contributed by atoms with E-state index in [9.17, 15) is 13.9 Å². The van der Waals surface area contributed by atoms with Crippen molar-refractivity contribution < 1.29 is 13.9 Å². The van der Waals surface area contributed by atoms with Crippen LogP contribution in [-0.2, 0) is 0 Å². The first-order valence-electron chi connectivity index (χ1n) is 5.99. The molecule has 1 aromatic carbocycles. The number of hydrogen-bond acceptors (Lipinski definition) is 3. The highest BCUT2D eigenvalue weighted by atomic mass is 32.2. The molecule has 5 heteroatoms. The van der Waals surface area contributed by atoms with Crippen molar-refractivity contribution in [2.45, 2.75) is 18.6 Å². The summed E-state index contributed by atoms with van der Waals surface area (Å²) in [7, 11) is 1.89. The Morgan fingerprint density at radius 2 is 2.11 bits per heavy atom. The van der Waals surface area contributed by atoms with Crippen molar-refractivity contribution in [2.75, 3.05) is 25.1 Å². The maximum Gasteiger partial charge on any atom is 0.131 e. The van der Waals surface area contributed by atoms with Gasteiger partial charge in [0.05, 0.1) is 11.7 Å². The largest absolute Gasteiger partial charge is 0.387 e. The van der Waals surface area contributed by atoms with Gasteiger partial charge < -0.3 is 5.11 Å². The van der Waals surface area contributed by atoms with Crippen LogP contribution in [0.5, 0.6) is 0 Å². The van der Waals surface area contributed by atoms with Crippen molar-refractivity contribution in [2.24, 2.45) is 0 Å². The fourth-order valence-corrected chi connectivity index (χ4v) is 3.51. The van der Waals surface area contributed by atoms with E-state index in [1.165, 1.54) is 18.2 Å². The van der Waals surface area contributed by atoms with Gasteiger partial charge in [0, 0.05) is 18.3 Å². The molecule has 0 amide bonds. The number of halogens is 2. The van der Waals surface area contributed by atoms with Gasteiger partial charge in [-0.1, -0.05) is 6.07 Å². The summed E-state index contributed by atoms with van der Waals surface area (Å²) in [6.07, 6.45) is -0.0602. The fourth-order valence-electron chi connectivity index (χ4n) is 2.21. The van der Waals surface area contributed by atoms with Crippen LogP contribution in [0.3, 0.4) is 0 Å². The average Bonchev–Trinajstić information content (AvgIpc) is 2.81. The molecule has 1 saturated heterocycles. The quantitative estimate of drug-likeness (QED) is 0.911. The number of aliphatic hydroxyl groups is 1. The molecule has 1 aromatic rings. The van der Waals surface area contributed by atoms with Gasteiger partial charge in [-0.15, -0.1) is 0 Å². The van der Waals surface area contributed by atoms with Crippen LogP contribution in [0.25, 0.3) is 0 Å². The predicted molar refractivity (Wildman–Crippen MR) is 69.7 cm³/mol. The van der Waals surface area contributed by atoms with E-state index >= 15 is 0 Å². The van der Waals surface area contributed by atoms with Crippen molar-refractivity contribution in [1.29, 1.82) is 0 Å². The molecule has 2 rings (SSSR count). The van der Waals surface area contributed by atoms with E-state index in [0.29, 0.717) is 6.04 Å². The second kappa shape index (κ2) is 5.99. The molecule has 0 radical (unpaired) electrons. The summed E-state index contributed by atoms with van der Waals surface area (Å²) in [5.41, 5.74) is -0.227. The van der Waals surface area contributed by atoms with Gasteiger partial charge >= 0.3 is 0 Å². The van der Waals surface area contributed by atoms with Crippen molar-refractivity contribution in [1.82, 2.24) is 4.90 Å². The molecule has 1 N–H and O–H groups in total. The Bertz CT molecular complexity index is 390. The summed E-state index contributed by atoms with van der Waals surface area (Å²) in [5, 5.41) is 9.98. The van der Waals surface area contributed by atoms with Gasteiger partial charge in [0.1, 0.15) is 11.6 Å². The summed E-state index contributed by atoms with van der Waals surface area (Å²) in [6.45, 7) is 0.253. The lowest BCUT2D eigenvalue weighted by atomic mass is 10.1. The van der Waals surface area contributed by atoms with Crippen LogP contribution < -0.4 is 0 Å². The Hall–Kier alpha value is -0.650. The number of hydrogen-bond donors (Lipinski definition) is 1. The monoisotopic (exact) mass is 273 g/mol. The molecular formula is C13H17F2NOS. The third-order valence-electron chi connectivity index (χ3n) is 3.32. The van der Waals surface area contributed by atoms with E-state index in [-0.39, 0.29) is 12.1 Å². The molecule has 1 fully saturated rings. The Kier molecular flexibility index (Phi) is 4.59. The van der Waals surface area contributed by atoms with E-state index < -0.39 is 17.7 Å². The molecule has 0 aliphatic carbocycles. The topological polar surface area (TPSA) is 23.5 Å². The first kappa shape index (κ1) is 13.8. The van der Waals surface area contributed by atoms with Crippen LogP contribution in [0.15, 0.2) is 18.2 Å². The molecule has 1 heterocycles. The third kappa shape index (κ3) is 3.02. The number of thioether (sulfide) groups is 1. The van der Waals surface area contributed by atoms with Crippen molar-refractivity contribution in [3.63, 3.8) is 0 Å². The standard InChI is InChI=1S/C13H17F2NOS/c1-16(9-5-6-18-8-9)7-12(17)13-10(14)3-2-4-11(13)15/h2-4,9,12,17H,5-8H2,1H3. The van der Waals surface area contributed by atoms with E-state index in [1.807, 2.05) is 23.7 Å². The summed E-state index contributed by atoms with van der Waals surface area (Å²) < 4.78 is 27.0. The Morgan fingerprint density at radius 3 is 2.67 bits per heavy atom. The van der Waals surface area contributed by atoms with Crippen LogP contribution in [0.4, 0.5) is 8.78 Å². The molecule has 100 valence electrons. The second-order valence-corrected chi connectivity index (χ2v) is 5.76. The average molecular weight is 273 g/mol. The van der Waals surface area contributed by atoms with Crippen molar-refractivity contribution in [3.8, 4) is 0 Å². The smallest absolute Gasteiger partial charge is 0.131 e. The molecule has 0 aromatic heterocycles. The lowest BCUT2D eigenvalue weighted by Crippen LogP contribution is -2.35. The van der Waals surface area contributed by atoms with E-state index in [2.05, 4.69) is 0 Å². The molecular weight excluding hydrogens is 256 g/mol. The number of nitrogens with zero attached hydrogens (tertiary/aromatic N) is 1. The third-order valence-corrected chi connectivity index (χ3v) is 4.47. The summed E-state index contributed by atoms with van der Waals surface area (Å²) >= 11 is 1.87. The Morgan fingerprint density at radius 1 is 1.44 bits per heavy atom. The molecule has 1 aliphatic rings. The van der Waals surface area contributed by atoms with Gasteiger partial charge in [0.15, 0.2) is 0 Å². The van der Waals surface area contributed by atoms with Gasteiger partial charge in [0.2, 0.25) is 0 Å². The highest BCUT2D eigenvalue weighted by molar-refractivity contribution is 7.99. The maximum absolute atomic E-state index is 13.5. The molecule has 0 spiro atoms. The van der Waals surface area contributed by atoms with Crippen LogP contribution in [0, 0.1) is 11.6 Å². The van der Waals surface area contributed by atoms with Crippen molar-refractivity contribution in [3.05, 3.63) is 35.4 Å². The normalized spacial score (nSPS) is 21.5. The van der Waals surface area contributed by atoms with Crippen LogP contribution in [0.1, 0.15) is 18.1 Å². The number of aliphatic hydroxyl groups excluding tert-OH is 1. The zero-order valence-corrected chi connectivity index (χ0v) is 11.1. The molecule has 0 bridgehead atoms. The van der Waals surface area contributed by atoms with Crippen molar-refractivity contribution >= 4 is 11.8 Å². The van der Waals surface area contributed by atoms with Crippen LogP contribution in [-0.4, -0.2) is 41.1 Å². The SMILES string of the molecule is CN(CC(O)c1c(F)cccc1F)C1CCSC1. The zero-order chi connectivity index (χ0) is 13.1. The molecule has 18 heavy (non-hydrogen) atoms. The van der Waals surface area contributed by atoms with E-state index in [1.54, 1.807) is 0 Å².